The molecule has 156 valence electrons. The van der Waals surface area contributed by atoms with E-state index >= 15 is 0 Å². The van der Waals surface area contributed by atoms with E-state index in [1.165, 1.54) is 0 Å². The molecule has 1 aliphatic heterocycles. The van der Waals surface area contributed by atoms with Crippen molar-refractivity contribution in [2.45, 2.75) is 45.2 Å². The molecule has 2 aromatic rings. The first-order valence-corrected chi connectivity index (χ1v) is 10.4. The van der Waals surface area contributed by atoms with Crippen molar-refractivity contribution in [3.63, 3.8) is 0 Å². The highest BCUT2D eigenvalue weighted by Crippen LogP contribution is 2.22. The van der Waals surface area contributed by atoms with Crippen LogP contribution in [0.1, 0.15) is 64.6 Å². The number of carbonyl (C=O) groups is 2. The molecule has 0 saturated heterocycles. The Labute approximate surface area is 172 Å². The summed E-state index contributed by atoms with van der Waals surface area (Å²) in [6.45, 7) is 4.17. The summed E-state index contributed by atoms with van der Waals surface area (Å²) in [5.41, 5.74) is 2.30. The maximum absolute atomic E-state index is 12.9. The number of benzene rings is 1. The van der Waals surface area contributed by atoms with Crippen molar-refractivity contribution in [2.24, 2.45) is 0 Å². The Morgan fingerprint density at radius 1 is 1.17 bits per heavy atom. The van der Waals surface area contributed by atoms with Gasteiger partial charge in [-0.3, -0.25) is 9.59 Å². The number of hydrogen-bond acceptors (Lipinski definition) is 4. The van der Waals surface area contributed by atoms with Gasteiger partial charge in [-0.1, -0.05) is 30.3 Å². The van der Waals surface area contributed by atoms with Gasteiger partial charge in [0.1, 0.15) is 5.69 Å². The lowest BCUT2D eigenvalue weighted by Gasteiger charge is -2.18. The summed E-state index contributed by atoms with van der Waals surface area (Å²) in [4.78, 5) is 32.2. The van der Waals surface area contributed by atoms with Crippen LogP contribution < -0.4 is 10.6 Å². The molecule has 0 bridgehead atoms. The van der Waals surface area contributed by atoms with E-state index in [9.17, 15) is 9.59 Å². The number of aromatic nitrogens is 2. The maximum Gasteiger partial charge on any atom is 0.287 e. The molecular formula is C22H31N5O2. The Kier molecular flexibility index (Phi) is 7.04. The summed E-state index contributed by atoms with van der Waals surface area (Å²) in [7, 11) is 4.02. The molecule has 0 spiro atoms. The molecule has 1 unspecified atom stereocenters. The quantitative estimate of drug-likeness (QED) is 0.671. The van der Waals surface area contributed by atoms with Crippen molar-refractivity contribution in [1.82, 2.24) is 25.1 Å². The van der Waals surface area contributed by atoms with Crippen molar-refractivity contribution in [1.29, 1.82) is 0 Å². The van der Waals surface area contributed by atoms with Crippen LogP contribution in [0.15, 0.2) is 30.3 Å². The topological polar surface area (TPSA) is 79.3 Å². The van der Waals surface area contributed by atoms with Crippen LogP contribution in [0.25, 0.3) is 0 Å². The third-order valence-corrected chi connectivity index (χ3v) is 5.25. The van der Waals surface area contributed by atoms with Gasteiger partial charge in [0.15, 0.2) is 5.82 Å². The average molecular weight is 398 g/mol. The van der Waals surface area contributed by atoms with Crippen LogP contribution in [0, 0.1) is 0 Å². The summed E-state index contributed by atoms with van der Waals surface area (Å²) in [6.07, 6.45) is 3.64. The van der Waals surface area contributed by atoms with E-state index in [4.69, 9.17) is 0 Å². The summed E-state index contributed by atoms with van der Waals surface area (Å²) in [6, 6.07) is 9.69. The largest absolute Gasteiger partial charge is 0.351 e. The van der Waals surface area contributed by atoms with Gasteiger partial charge in [-0.15, -0.1) is 0 Å². The van der Waals surface area contributed by atoms with Gasteiger partial charge >= 0.3 is 0 Å². The Morgan fingerprint density at radius 2 is 1.93 bits per heavy atom. The standard InChI is InChI=1S/C22H31N5O2/c1-16(17-10-5-4-6-11-17)24-22(29)20-25-19(18-12-7-8-15-27(18)20)21(28)23-13-9-14-26(2)3/h4-6,10-11,16H,7-9,12-15H2,1-3H3,(H,23,28)(H,24,29). The minimum absolute atomic E-state index is 0.136. The molecule has 0 saturated carbocycles. The molecule has 1 aliphatic rings. The van der Waals surface area contributed by atoms with Crippen LogP contribution in [-0.2, 0) is 13.0 Å². The van der Waals surface area contributed by atoms with Crippen LogP contribution in [0.4, 0.5) is 0 Å². The number of rotatable bonds is 8. The van der Waals surface area contributed by atoms with Crippen molar-refractivity contribution < 1.29 is 9.59 Å². The summed E-state index contributed by atoms with van der Waals surface area (Å²) < 4.78 is 1.92. The van der Waals surface area contributed by atoms with Crippen LogP contribution in [-0.4, -0.2) is 53.5 Å². The molecule has 1 aromatic carbocycles. The number of carbonyl (C=O) groups excluding carboxylic acids is 2. The number of imidazole rings is 1. The van der Waals surface area contributed by atoms with Gasteiger partial charge in [0.2, 0.25) is 0 Å². The smallest absolute Gasteiger partial charge is 0.287 e. The summed E-state index contributed by atoms with van der Waals surface area (Å²) in [5.74, 6) is -0.0957. The van der Waals surface area contributed by atoms with Gasteiger partial charge in [0.05, 0.1) is 11.7 Å². The normalized spacial score (nSPS) is 14.3. The van der Waals surface area contributed by atoms with E-state index in [0.717, 1.165) is 50.0 Å². The second-order valence-electron chi connectivity index (χ2n) is 7.86. The molecule has 0 radical (unpaired) electrons. The van der Waals surface area contributed by atoms with Crippen LogP contribution in [0.2, 0.25) is 0 Å². The molecule has 7 heteroatoms. The van der Waals surface area contributed by atoms with Gasteiger partial charge in [-0.2, -0.15) is 0 Å². The first-order valence-electron chi connectivity index (χ1n) is 10.4. The fraction of sp³-hybridized carbons (Fsp3) is 0.500. The Morgan fingerprint density at radius 3 is 2.66 bits per heavy atom. The number of nitrogens with one attached hydrogen (secondary N) is 2. The Bertz CT molecular complexity index is 844. The molecule has 1 atom stereocenters. The predicted octanol–water partition coefficient (Wildman–Crippen LogP) is 2.39. The molecular weight excluding hydrogens is 366 g/mol. The van der Waals surface area contributed by atoms with Gasteiger partial charge in [-0.25, -0.2) is 4.98 Å². The summed E-state index contributed by atoms with van der Waals surface area (Å²) >= 11 is 0. The third-order valence-electron chi connectivity index (χ3n) is 5.25. The number of hydrogen-bond donors (Lipinski definition) is 2. The zero-order valence-electron chi connectivity index (χ0n) is 17.6. The molecule has 0 fully saturated rings. The van der Waals surface area contributed by atoms with E-state index in [1.54, 1.807) is 0 Å². The van der Waals surface area contributed by atoms with E-state index in [2.05, 4.69) is 20.5 Å². The SMILES string of the molecule is CC(NC(=O)c1nc(C(=O)NCCCN(C)C)c2n1CCCC2)c1ccccc1. The van der Waals surface area contributed by atoms with Gasteiger partial charge in [-0.05, 0) is 58.8 Å². The summed E-state index contributed by atoms with van der Waals surface area (Å²) in [5, 5.41) is 5.97. The second-order valence-corrected chi connectivity index (χ2v) is 7.86. The lowest BCUT2D eigenvalue weighted by Crippen LogP contribution is -2.30. The average Bonchev–Trinajstić information content (AvgIpc) is 3.11. The highest BCUT2D eigenvalue weighted by Gasteiger charge is 2.28. The van der Waals surface area contributed by atoms with E-state index in [-0.39, 0.29) is 17.9 Å². The minimum atomic E-state index is -0.240. The molecule has 29 heavy (non-hydrogen) atoms. The fourth-order valence-corrected chi connectivity index (χ4v) is 3.67. The first kappa shape index (κ1) is 21.0. The van der Waals surface area contributed by atoms with E-state index in [1.807, 2.05) is 55.9 Å². The number of fused-ring (bicyclic) bond motifs is 1. The molecule has 2 N–H and O–H groups in total. The van der Waals surface area contributed by atoms with Gasteiger partial charge in [0, 0.05) is 13.1 Å². The highest BCUT2D eigenvalue weighted by molar-refractivity contribution is 5.97. The van der Waals surface area contributed by atoms with Crippen molar-refractivity contribution in [2.75, 3.05) is 27.2 Å². The second kappa shape index (κ2) is 9.69. The van der Waals surface area contributed by atoms with E-state index < -0.39 is 0 Å². The monoisotopic (exact) mass is 397 g/mol. The zero-order chi connectivity index (χ0) is 20.8. The van der Waals surface area contributed by atoms with Crippen LogP contribution in [0.3, 0.4) is 0 Å². The highest BCUT2D eigenvalue weighted by atomic mass is 16.2. The Hall–Kier alpha value is -2.67. The minimum Gasteiger partial charge on any atom is -0.351 e. The van der Waals surface area contributed by atoms with Gasteiger partial charge < -0.3 is 20.1 Å². The van der Waals surface area contributed by atoms with Crippen molar-refractivity contribution in [3.05, 3.63) is 53.1 Å². The predicted molar refractivity (Wildman–Crippen MR) is 113 cm³/mol. The molecule has 3 rings (SSSR count). The lowest BCUT2D eigenvalue weighted by molar-refractivity contribution is 0.0923. The fourth-order valence-electron chi connectivity index (χ4n) is 3.67. The Balaban J connectivity index is 1.73. The molecule has 0 aliphatic carbocycles. The zero-order valence-corrected chi connectivity index (χ0v) is 17.6. The third kappa shape index (κ3) is 5.23. The van der Waals surface area contributed by atoms with E-state index in [0.29, 0.717) is 18.1 Å². The molecule has 2 heterocycles. The maximum atomic E-state index is 12.9. The molecule has 1 aromatic heterocycles. The van der Waals surface area contributed by atoms with Crippen molar-refractivity contribution in [3.8, 4) is 0 Å². The number of amides is 2. The van der Waals surface area contributed by atoms with Gasteiger partial charge in [0.25, 0.3) is 11.8 Å². The van der Waals surface area contributed by atoms with Crippen LogP contribution in [0.5, 0.6) is 0 Å². The van der Waals surface area contributed by atoms with Crippen molar-refractivity contribution >= 4 is 11.8 Å². The molecule has 7 nitrogen and oxygen atoms in total. The van der Waals surface area contributed by atoms with Crippen LogP contribution >= 0.6 is 0 Å². The number of nitrogens with zero attached hydrogens (tertiary/aromatic N) is 3. The first-order chi connectivity index (χ1) is 14.0. The lowest BCUT2D eigenvalue weighted by atomic mass is 10.1. The molecule has 2 amide bonds.